The normalized spacial score (nSPS) is 16.3. The van der Waals surface area contributed by atoms with Gasteiger partial charge < -0.3 is 9.80 Å². The average Bonchev–Trinajstić information content (AvgIpc) is 2.62. The van der Waals surface area contributed by atoms with Crippen LogP contribution in [0.1, 0.15) is 31.4 Å². The first-order valence-electron chi connectivity index (χ1n) is 9.37. The van der Waals surface area contributed by atoms with E-state index in [1.807, 2.05) is 26.0 Å². The molecule has 1 aromatic carbocycles. The summed E-state index contributed by atoms with van der Waals surface area (Å²) in [7, 11) is -3.51. The van der Waals surface area contributed by atoms with Gasteiger partial charge in [0.25, 0.3) is 0 Å². The maximum Gasteiger partial charge on any atom is 0.243 e. The number of sulfonamides is 1. The van der Waals surface area contributed by atoms with Crippen molar-refractivity contribution in [1.29, 1.82) is 0 Å². The number of piperazine rings is 1. The lowest BCUT2D eigenvalue weighted by molar-refractivity contribution is -0.132. The van der Waals surface area contributed by atoms with Crippen molar-refractivity contribution < 1.29 is 13.2 Å². The summed E-state index contributed by atoms with van der Waals surface area (Å²) in [5.41, 5.74) is 1.81. The average molecular weight is 382 g/mol. The molecular formula is C19H31N3O3S. The van der Waals surface area contributed by atoms with Gasteiger partial charge in [0.05, 0.1) is 4.90 Å². The molecule has 0 aromatic heterocycles. The van der Waals surface area contributed by atoms with Gasteiger partial charge in [-0.15, -0.1) is 0 Å². The summed E-state index contributed by atoms with van der Waals surface area (Å²) < 4.78 is 27.3. The second kappa shape index (κ2) is 8.97. The van der Waals surface area contributed by atoms with E-state index < -0.39 is 10.0 Å². The summed E-state index contributed by atoms with van der Waals surface area (Å²) in [6, 6.07) is 5.40. The van der Waals surface area contributed by atoms with E-state index in [-0.39, 0.29) is 5.91 Å². The second-order valence-corrected chi connectivity index (χ2v) is 8.74. The molecule has 26 heavy (non-hydrogen) atoms. The van der Waals surface area contributed by atoms with E-state index in [4.69, 9.17) is 0 Å². The van der Waals surface area contributed by atoms with Crippen LogP contribution < -0.4 is 0 Å². The van der Waals surface area contributed by atoms with Gasteiger partial charge in [-0.25, -0.2) is 8.42 Å². The molecule has 1 heterocycles. The van der Waals surface area contributed by atoms with E-state index in [1.165, 1.54) is 4.31 Å². The lowest BCUT2D eigenvalue weighted by atomic mass is 10.2. The molecule has 2 rings (SSSR count). The van der Waals surface area contributed by atoms with E-state index in [1.54, 1.807) is 11.0 Å². The highest BCUT2D eigenvalue weighted by molar-refractivity contribution is 7.89. The fraction of sp³-hybridized carbons (Fsp3) is 0.632. The minimum absolute atomic E-state index is 0.112. The SMILES string of the molecule is CCN(CC)CCC(=O)N1CCN(S(=O)(=O)c2ccc(C)cc2C)CC1. The Morgan fingerprint density at radius 1 is 1.08 bits per heavy atom. The third-order valence-corrected chi connectivity index (χ3v) is 7.13. The minimum Gasteiger partial charge on any atom is -0.340 e. The number of nitrogens with zero attached hydrogens (tertiary/aromatic N) is 3. The number of hydrogen-bond donors (Lipinski definition) is 0. The lowest BCUT2D eigenvalue weighted by Gasteiger charge is -2.34. The molecule has 0 saturated carbocycles. The van der Waals surface area contributed by atoms with Crippen LogP contribution in [0.2, 0.25) is 0 Å². The van der Waals surface area contributed by atoms with Gasteiger partial charge in [-0.2, -0.15) is 4.31 Å². The number of aryl methyl sites for hydroxylation is 2. The summed E-state index contributed by atoms with van der Waals surface area (Å²) in [5, 5.41) is 0. The van der Waals surface area contributed by atoms with Gasteiger partial charge in [0.1, 0.15) is 0 Å². The topological polar surface area (TPSA) is 60.9 Å². The van der Waals surface area contributed by atoms with Crippen molar-refractivity contribution in [2.75, 3.05) is 45.8 Å². The second-order valence-electron chi connectivity index (χ2n) is 6.83. The Labute approximate surface area is 157 Å². The molecule has 6 nitrogen and oxygen atoms in total. The maximum absolute atomic E-state index is 12.9. The van der Waals surface area contributed by atoms with Crippen LogP contribution in [-0.2, 0) is 14.8 Å². The number of carbonyl (C=O) groups excluding carboxylic acids is 1. The maximum atomic E-state index is 12.9. The van der Waals surface area contributed by atoms with Crippen molar-refractivity contribution >= 4 is 15.9 Å². The number of amides is 1. The quantitative estimate of drug-likeness (QED) is 0.723. The van der Waals surface area contributed by atoms with E-state index >= 15 is 0 Å². The lowest BCUT2D eigenvalue weighted by Crippen LogP contribution is -2.51. The molecule has 0 N–H and O–H groups in total. The molecule has 0 spiro atoms. The van der Waals surface area contributed by atoms with Gasteiger partial charge in [0.15, 0.2) is 0 Å². The van der Waals surface area contributed by atoms with Crippen LogP contribution in [0.5, 0.6) is 0 Å². The number of benzene rings is 1. The largest absolute Gasteiger partial charge is 0.340 e. The van der Waals surface area contributed by atoms with Crippen LogP contribution in [0, 0.1) is 13.8 Å². The highest BCUT2D eigenvalue weighted by Crippen LogP contribution is 2.22. The van der Waals surface area contributed by atoms with Gasteiger partial charge in [0.2, 0.25) is 15.9 Å². The Morgan fingerprint density at radius 2 is 1.69 bits per heavy atom. The van der Waals surface area contributed by atoms with Crippen LogP contribution >= 0.6 is 0 Å². The summed E-state index contributed by atoms with van der Waals surface area (Å²) >= 11 is 0. The van der Waals surface area contributed by atoms with Gasteiger partial charge in [-0.05, 0) is 38.6 Å². The van der Waals surface area contributed by atoms with Crippen LogP contribution in [0.15, 0.2) is 23.1 Å². The monoisotopic (exact) mass is 381 g/mol. The summed E-state index contributed by atoms with van der Waals surface area (Å²) in [6.45, 7) is 12.2. The van der Waals surface area contributed by atoms with Gasteiger partial charge in [-0.1, -0.05) is 31.5 Å². The number of carbonyl (C=O) groups is 1. The van der Waals surface area contributed by atoms with E-state index in [0.717, 1.165) is 30.8 Å². The van der Waals surface area contributed by atoms with Crippen molar-refractivity contribution in [3.63, 3.8) is 0 Å². The van der Waals surface area contributed by atoms with Crippen LogP contribution in [0.25, 0.3) is 0 Å². The summed E-state index contributed by atoms with van der Waals surface area (Å²) in [5.74, 6) is 0.112. The molecule has 0 radical (unpaired) electrons. The van der Waals surface area contributed by atoms with Crippen molar-refractivity contribution in [1.82, 2.24) is 14.1 Å². The van der Waals surface area contributed by atoms with Gasteiger partial charge in [0, 0.05) is 39.1 Å². The first-order chi connectivity index (χ1) is 12.3. The zero-order valence-corrected chi connectivity index (χ0v) is 17.2. The van der Waals surface area contributed by atoms with Gasteiger partial charge in [-0.3, -0.25) is 4.79 Å². The van der Waals surface area contributed by atoms with Crippen LogP contribution in [0.3, 0.4) is 0 Å². The zero-order valence-electron chi connectivity index (χ0n) is 16.4. The van der Waals surface area contributed by atoms with E-state index in [9.17, 15) is 13.2 Å². The van der Waals surface area contributed by atoms with Crippen molar-refractivity contribution in [3.8, 4) is 0 Å². The molecule has 1 aromatic rings. The molecule has 1 aliphatic heterocycles. The molecular weight excluding hydrogens is 350 g/mol. The van der Waals surface area contributed by atoms with Crippen molar-refractivity contribution in [2.24, 2.45) is 0 Å². The molecule has 1 saturated heterocycles. The van der Waals surface area contributed by atoms with Gasteiger partial charge >= 0.3 is 0 Å². The molecule has 0 bridgehead atoms. The Kier molecular flexibility index (Phi) is 7.20. The number of hydrogen-bond acceptors (Lipinski definition) is 4. The third kappa shape index (κ3) is 4.84. The number of rotatable bonds is 7. The van der Waals surface area contributed by atoms with E-state index in [2.05, 4.69) is 18.7 Å². The predicted octanol–water partition coefficient (Wildman–Crippen LogP) is 1.87. The highest BCUT2D eigenvalue weighted by atomic mass is 32.2. The molecule has 1 fully saturated rings. The molecule has 0 aliphatic carbocycles. The predicted molar refractivity (Wildman–Crippen MR) is 104 cm³/mol. The zero-order chi connectivity index (χ0) is 19.3. The molecule has 0 atom stereocenters. The van der Waals surface area contributed by atoms with Crippen molar-refractivity contribution in [3.05, 3.63) is 29.3 Å². The molecule has 0 unspecified atom stereocenters. The molecule has 7 heteroatoms. The third-order valence-electron chi connectivity index (χ3n) is 5.08. The first kappa shape index (κ1) is 20.9. The van der Waals surface area contributed by atoms with E-state index in [0.29, 0.717) is 37.5 Å². The molecule has 146 valence electrons. The highest BCUT2D eigenvalue weighted by Gasteiger charge is 2.30. The molecule has 1 aliphatic rings. The minimum atomic E-state index is -3.51. The Morgan fingerprint density at radius 3 is 2.23 bits per heavy atom. The van der Waals surface area contributed by atoms with Crippen LogP contribution in [0.4, 0.5) is 0 Å². The fourth-order valence-electron chi connectivity index (χ4n) is 3.36. The fourth-order valence-corrected chi connectivity index (χ4v) is 4.99. The Balaban J connectivity index is 1.96. The Bertz CT molecular complexity index is 722. The first-order valence-corrected chi connectivity index (χ1v) is 10.8. The summed E-state index contributed by atoms with van der Waals surface area (Å²) in [4.78, 5) is 16.8. The molecule has 1 amide bonds. The van der Waals surface area contributed by atoms with Crippen molar-refractivity contribution in [2.45, 2.75) is 39.0 Å². The summed E-state index contributed by atoms with van der Waals surface area (Å²) in [6.07, 6.45) is 0.492. The standard InChI is InChI=1S/C19H31N3O3S/c1-5-20(6-2)10-9-19(23)21-11-13-22(14-12-21)26(24,25)18-8-7-16(3)15-17(18)4/h7-8,15H,5-6,9-14H2,1-4H3. The van der Waals surface area contributed by atoms with Crippen LogP contribution in [-0.4, -0.2) is 74.2 Å². The smallest absolute Gasteiger partial charge is 0.243 e. The Hall–Kier alpha value is -1.44.